The van der Waals surface area contributed by atoms with Crippen molar-refractivity contribution in [3.63, 3.8) is 0 Å². The number of thiophene rings is 1. The Kier molecular flexibility index (Phi) is 6.21. The summed E-state index contributed by atoms with van der Waals surface area (Å²) in [5.74, 6) is 0.336. The average molecular weight is 340 g/mol. The van der Waals surface area contributed by atoms with E-state index in [1.54, 1.807) is 17.4 Å². The minimum absolute atomic E-state index is 0.00305. The second-order valence-electron chi connectivity index (χ2n) is 4.14. The maximum Gasteiger partial charge on any atom is 0.230 e. The Morgan fingerprint density at radius 3 is 3.14 bits per heavy atom. The molecule has 5 nitrogen and oxygen atoms in total. The van der Waals surface area contributed by atoms with Gasteiger partial charge in [0.2, 0.25) is 11.0 Å². The van der Waals surface area contributed by atoms with E-state index >= 15 is 0 Å². The summed E-state index contributed by atoms with van der Waals surface area (Å²) >= 11 is 4.47. The predicted octanol–water partition coefficient (Wildman–Crippen LogP) is 3.17. The predicted molar refractivity (Wildman–Crippen MR) is 90.2 cm³/mol. The Morgan fingerprint density at radius 1 is 1.57 bits per heavy atom. The lowest BCUT2D eigenvalue weighted by atomic mass is 10.3. The van der Waals surface area contributed by atoms with E-state index in [-0.39, 0.29) is 11.9 Å². The summed E-state index contributed by atoms with van der Waals surface area (Å²) in [6.07, 6.45) is 1.76. The van der Waals surface area contributed by atoms with E-state index in [0.29, 0.717) is 12.3 Å². The molecule has 0 radical (unpaired) electrons. The monoisotopic (exact) mass is 340 g/mol. The highest BCUT2D eigenvalue weighted by Crippen LogP contribution is 2.25. The van der Waals surface area contributed by atoms with Crippen LogP contribution < -0.4 is 10.6 Å². The summed E-state index contributed by atoms with van der Waals surface area (Å²) in [5, 5.41) is 16.8. The summed E-state index contributed by atoms with van der Waals surface area (Å²) < 4.78 is 0.778. The summed E-state index contributed by atoms with van der Waals surface area (Å²) in [5.41, 5.74) is 0. The third kappa shape index (κ3) is 5.14. The van der Waals surface area contributed by atoms with Gasteiger partial charge in [0.25, 0.3) is 0 Å². The van der Waals surface area contributed by atoms with Gasteiger partial charge in [0.1, 0.15) is 0 Å². The Hall–Kier alpha value is -1.38. The highest BCUT2D eigenvalue weighted by atomic mass is 32.2. The molecule has 0 fully saturated rings. The molecular formula is C13H16N4OS3. The van der Waals surface area contributed by atoms with E-state index < -0.39 is 0 Å². The molecule has 1 atom stereocenters. The van der Waals surface area contributed by atoms with E-state index in [2.05, 4.69) is 27.4 Å². The molecule has 2 aromatic heterocycles. The van der Waals surface area contributed by atoms with Crippen molar-refractivity contribution in [3.05, 3.63) is 35.0 Å². The molecule has 0 unspecified atom stereocenters. The fraction of sp³-hybridized carbons (Fsp3) is 0.308. The van der Waals surface area contributed by atoms with Gasteiger partial charge in [-0.25, -0.2) is 0 Å². The first kappa shape index (κ1) is 16.0. The molecule has 1 amide bonds. The standard InChI is InChI=1S/C13H16N4OS3/c1-3-6-14-12-16-17-13(21-12)20-8-11(18)15-9(2)10-5-4-7-19-10/h3-5,7,9H,1,6,8H2,2H3,(H,14,16)(H,15,18)/t9-/m0/s1. The number of carbonyl (C=O) groups excluding carboxylic acids is 1. The number of hydrogen-bond donors (Lipinski definition) is 2. The van der Waals surface area contributed by atoms with Crippen LogP contribution in [-0.4, -0.2) is 28.4 Å². The van der Waals surface area contributed by atoms with Crippen molar-refractivity contribution in [2.24, 2.45) is 0 Å². The van der Waals surface area contributed by atoms with Crippen molar-refractivity contribution in [1.82, 2.24) is 15.5 Å². The van der Waals surface area contributed by atoms with Gasteiger partial charge in [-0.1, -0.05) is 35.2 Å². The maximum atomic E-state index is 11.9. The number of aromatic nitrogens is 2. The van der Waals surface area contributed by atoms with Gasteiger partial charge < -0.3 is 10.6 Å². The van der Waals surface area contributed by atoms with Gasteiger partial charge in [0, 0.05) is 11.4 Å². The van der Waals surface area contributed by atoms with Gasteiger partial charge in [-0.2, -0.15) is 0 Å². The Labute approximate surface area is 135 Å². The quantitative estimate of drug-likeness (QED) is 0.571. The van der Waals surface area contributed by atoms with Crippen molar-refractivity contribution < 1.29 is 4.79 Å². The Bertz CT molecular complexity index is 582. The van der Waals surface area contributed by atoms with Crippen LogP contribution in [0.5, 0.6) is 0 Å². The topological polar surface area (TPSA) is 66.9 Å². The molecule has 0 saturated heterocycles. The number of carbonyl (C=O) groups is 1. The van der Waals surface area contributed by atoms with Crippen LogP contribution in [0.15, 0.2) is 34.5 Å². The third-order valence-electron chi connectivity index (χ3n) is 2.48. The molecule has 0 aliphatic carbocycles. The Balaban J connectivity index is 1.75. The van der Waals surface area contributed by atoms with Crippen LogP contribution in [-0.2, 0) is 4.79 Å². The van der Waals surface area contributed by atoms with Crippen LogP contribution in [0.4, 0.5) is 5.13 Å². The molecular weight excluding hydrogens is 324 g/mol. The number of nitrogens with one attached hydrogen (secondary N) is 2. The first-order valence-electron chi connectivity index (χ1n) is 6.33. The molecule has 0 aromatic carbocycles. The van der Waals surface area contributed by atoms with Crippen molar-refractivity contribution in [1.29, 1.82) is 0 Å². The summed E-state index contributed by atoms with van der Waals surface area (Å²) in [7, 11) is 0. The SMILES string of the molecule is C=CCNc1nnc(SCC(=O)N[C@@H](C)c2cccs2)s1. The minimum atomic E-state index is -0.00305. The number of hydrogen-bond acceptors (Lipinski definition) is 7. The zero-order valence-electron chi connectivity index (χ0n) is 11.5. The van der Waals surface area contributed by atoms with E-state index in [1.165, 1.54) is 23.1 Å². The van der Waals surface area contributed by atoms with Crippen molar-refractivity contribution in [2.45, 2.75) is 17.3 Å². The molecule has 112 valence electrons. The molecule has 0 bridgehead atoms. The molecule has 0 aliphatic heterocycles. The van der Waals surface area contributed by atoms with E-state index in [0.717, 1.165) is 14.3 Å². The van der Waals surface area contributed by atoms with Gasteiger partial charge in [-0.05, 0) is 18.4 Å². The van der Waals surface area contributed by atoms with Gasteiger partial charge in [-0.15, -0.1) is 28.1 Å². The molecule has 0 spiro atoms. The molecule has 8 heteroatoms. The van der Waals surface area contributed by atoms with Crippen LogP contribution in [0.1, 0.15) is 17.8 Å². The second kappa shape index (κ2) is 8.16. The zero-order chi connectivity index (χ0) is 15.1. The summed E-state index contributed by atoms with van der Waals surface area (Å²) in [6.45, 7) is 6.26. The van der Waals surface area contributed by atoms with Crippen LogP contribution in [0.25, 0.3) is 0 Å². The lowest BCUT2D eigenvalue weighted by Crippen LogP contribution is -2.27. The van der Waals surface area contributed by atoms with Gasteiger partial charge in [-0.3, -0.25) is 4.79 Å². The normalized spacial score (nSPS) is 11.9. The van der Waals surface area contributed by atoms with E-state index in [1.807, 2.05) is 24.4 Å². The first-order chi connectivity index (χ1) is 10.2. The van der Waals surface area contributed by atoms with Crippen LogP contribution >= 0.6 is 34.4 Å². The van der Waals surface area contributed by atoms with Crippen molar-refractivity contribution in [3.8, 4) is 0 Å². The fourth-order valence-electron chi connectivity index (χ4n) is 1.52. The molecule has 21 heavy (non-hydrogen) atoms. The number of nitrogens with zero attached hydrogens (tertiary/aromatic N) is 2. The number of rotatable bonds is 8. The lowest BCUT2D eigenvalue weighted by molar-refractivity contribution is -0.119. The summed E-state index contributed by atoms with van der Waals surface area (Å²) in [6, 6.07) is 4.04. The first-order valence-corrected chi connectivity index (χ1v) is 9.01. The van der Waals surface area contributed by atoms with Gasteiger partial charge >= 0.3 is 0 Å². The van der Waals surface area contributed by atoms with Gasteiger partial charge in [0.05, 0.1) is 11.8 Å². The third-order valence-corrected chi connectivity index (χ3v) is 5.55. The molecule has 2 heterocycles. The van der Waals surface area contributed by atoms with Gasteiger partial charge in [0.15, 0.2) is 4.34 Å². The lowest BCUT2D eigenvalue weighted by Gasteiger charge is -2.11. The maximum absolute atomic E-state index is 11.9. The number of amides is 1. The van der Waals surface area contributed by atoms with Crippen molar-refractivity contribution in [2.75, 3.05) is 17.6 Å². The highest BCUT2D eigenvalue weighted by molar-refractivity contribution is 8.01. The highest BCUT2D eigenvalue weighted by Gasteiger charge is 2.12. The smallest absolute Gasteiger partial charge is 0.230 e. The van der Waals surface area contributed by atoms with E-state index in [9.17, 15) is 4.79 Å². The van der Waals surface area contributed by atoms with Crippen molar-refractivity contribution >= 4 is 45.5 Å². The fourth-order valence-corrected chi connectivity index (χ4v) is 3.82. The largest absolute Gasteiger partial charge is 0.357 e. The molecule has 2 rings (SSSR count). The molecule has 0 saturated carbocycles. The molecule has 2 N–H and O–H groups in total. The minimum Gasteiger partial charge on any atom is -0.357 e. The number of anilines is 1. The second-order valence-corrected chi connectivity index (χ2v) is 7.32. The van der Waals surface area contributed by atoms with Crippen LogP contribution in [0, 0.1) is 0 Å². The van der Waals surface area contributed by atoms with Crippen LogP contribution in [0.2, 0.25) is 0 Å². The average Bonchev–Trinajstić information content (AvgIpc) is 3.14. The molecule has 2 aromatic rings. The van der Waals surface area contributed by atoms with Crippen LogP contribution in [0.3, 0.4) is 0 Å². The Morgan fingerprint density at radius 2 is 2.43 bits per heavy atom. The molecule has 0 aliphatic rings. The summed E-state index contributed by atoms with van der Waals surface area (Å²) in [4.78, 5) is 13.1. The zero-order valence-corrected chi connectivity index (χ0v) is 14.0. The number of thioether (sulfide) groups is 1. The van der Waals surface area contributed by atoms with E-state index in [4.69, 9.17) is 0 Å².